The number of pyridine rings is 1. The molecule has 3 heteroatoms. The number of halogens is 1. The zero-order valence-corrected chi connectivity index (χ0v) is 10.1. The predicted octanol–water partition coefficient (Wildman–Crippen LogP) is 3.64. The van der Waals surface area contributed by atoms with Gasteiger partial charge >= 0.3 is 0 Å². The van der Waals surface area contributed by atoms with Crippen molar-refractivity contribution >= 4 is 11.6 Å². The molecule has 0 unspecified atom stereocenters. The molecule has 15 heavy (non-hydrogen) atoms. The Labute approximate surface area is 96.6 Å². The number of hydrogen-bond acceptors (Lipinski definition) is 2. The molecule has 84 valence electrons. The Hall–Kier alpha value is -0.760. The van der Waals surface area contributed by atoms with Gasteiger partial charge in [-0.05, 0) is 30.4 Å². The molecule has 1 heterocycles. The molecule has 0 atom stereocenters. The Morgan fingerprint density at radius 3 is 2.93 bits per heavy atom. The van der Waals surface area contributed by atoms with E-state index in [0.717, 1.165) is 24.5 Å². The van der Waals surface area contributed by atoms with E-state index in [1.54, 1.807) is 6.20 Å². The van der Waals surface area contributed by atoms with Crippen LogP contribution in [0.4, 0.5) is 0 Å². The van der Waals surface area contributed by atoms with Gasteiger partial charge in [-0.2, -0.15) is 0 Å². The van der Waals surface area contributed by atoms with Crippen molar-refractivity contribution in [3.63, 3.8) is 0 Å². The van der Waals surface area contributed by atoms with Crippen LogP contribution in [0.25, 0.3) is 0 Å². The van der Waals surface area contributed by atoms with Gasteiger partial charge in [0.1, 0.15) is 0 Å². The Kier molecular flexibility index (Phi) is 5.48. The van der Waals surface area contributed by atoms with Crippen molar-refractivity contribution in [2.45, 2.75) is 32.6 Å². The summed E-state index contributed by atoms with van der Waals surface area (Å²) in [7, 11) is 0. The number of nitrogens with zero attached hydrogens (tertiary/aromatic N) is 1. The molecule has 0 aliphatic rings. The standard InChI is InChI=1S/C12H18ClNO/c1-10(2)4-3-7-15-12-8-11(9-13)5-6-14-12/h5-6,8,10H,3-4,7,9H2,1-2H3. The molecule has 1 aromatic rings. The van der Waals surface area contributed by atoms with Crippen LogP contribution in [0.15, 0.2) is 18.3 Å². The molecule has 0 aromatic carbocycles. The molecule has 0 radical (unpaired) electrons. The van der Waals surface area contributed by atoms with Gasteiger partial charge in [0, 0.05) is 18.1 Å². The van der Waals surface area contributed by atoms with Crippen LogP contribution < -0.4 is 4.74 Å². The van der Waals surface area contributed by atoms with E-state index < -0.39 is 0 Å². The van der Waals surface area contributed by atoms with E-state index in [9.17, 15) is 0 Å². The van der Waals surface area contributed by atoms with Crippen LogP contribution in [-0.4, -0.2) is 11.6 Å². The molecule has 0 N–H and O–H groups in total. The summed E-state index contributed by atoms with van der Waals surface area (Å²) in [6, 6.07) is 3.79. The fourth-order valence-corrected chi connectivity index (χ4v) is 1.45. The molecule has 0 spiro atoms. The Balaban J connectivity index is 2.30. The summed E-state index contributed by atoms with van der Waals surface area (Å²) >= 11 is 5.72. The predicted molar refractivity (Wildman–Crippen MR) is 63.4 cm³/mol. The Morgan fingerprint density at radius 2 is 2.27 bits per heavy atom. The van der Waals surface area contributed by atoms with E-state index in [-0.39, 0.29) is 0 Å². The van der Waals surface area contributed by atoms with Gasteiger partial charge in [-0.3, -0.25) is 0 Å². The molecule has 0 aliphatic heterocycles. The molecule has 1 aromatic heterocycles. The van der Waals surface area contributed by atoms with Crippen molar-refractivity contribution in [2.24, 2.45) is 5.92 Å². The highest BCUT2D eigenvalue weighted by Crippen LogP contribution is 2.12. The third kappa shape index (κ3) is 5.03. The Bertz CT molecular complexity index is 289. The van der Waals surface area contributed by atoms with E-state index in [1.165, 1.54) is 6.42 Å². The summed E-state index contributed by atoms with van der Waals surface area (Å²) in [5.74, 6) is 1.91. The first-order valence-electron chi connectivity index (χ1n) is 5.36. The topological polar surface area (TPSA) is 22.1 Å². The molecule has 0 bridgehead atoms. The maximum absolute atomic E-state index is 5.72. The Morgan fingerprint density at radius 1 is 1.47 bits per heavy atom. The average molecular weight is 228 g/mol. The lowest BCUT2D eigenvalue weighted by Crippen LogP contribution is -2.01. The van der Waals surface area contributed by atoms with Gasteiger partial charge in [0.15, 0.2) is 0 Å². The summed E-state index contributed by atoms with van der Waals surface area (Å²) in [5.41, 5.74) is 1.05. The average Bonchev–Trinajstić information content (AvgIpc) is 2.24. The van der Waals surface area contributed by atoms with E-state index in [0.29, 0.717) is 11.8 Å². The van der Waals surface area contributed by atoms with Crippen molar-refractivity contribution in [1.29, 1.82) is 0 Å². The highest BCUT2D eigenvalue weighted by Gasteiger charge is 1.98. The number of hydrogen-bond donors (Lipinski definition) is 0. The fourth-order valence-electron chi connectivity index (χ4n) is 1.28. The van der Waals surface area contributed by atoms with Crippen molar-refractivity contribution in [1.82, 2.24) is 4.98 Å². The number of alkyl halides is 1. The van der Waals surface area contributed by atoms with E-state index in [1.807, 2.05) is 12.1 Å². The minimum Gasteiger partial charge on any atom is -0.478 e. The molecule has 1 rings (SSSR count). The minimum absolute atomic E-state index is 0.505. The van der Waals surface area contributed by atoms with Gasteiger partial charge in [0.05, 0.1) is 6.61 Å². The van der Waals surface area contributed by atoms with Crippen LogP contribution in [0, 0.1) is 5.92 Å². The maximum Gasteiger partial charge on any atom is 0.213 e. The summed E-state index contributed by atoms with van der Waals surface area (Å²) in [6.07, 6.45) is 4.00. The zero-order chi connectivity index (χ0) is 11.1. The summed E-state index contributed by atoms with van der Waals surface area (Å²) in [6.45, 7) is 5.16. The second-order valence-corrected chi connectivity index (χ2v) is 4.29. The minimum atomic E-state index is 0.505. The monoisotopic (exact) mass is 227 g/mol. The quantitative estimate of drug-likeness (QED) is 0.547. The lowest BCUT2D eigenvalue weighted by molar-refractivity contribution is 0.287. The van der Waals surface area contributed by atoms with Gasteiger partial charge in [-0.25, -0.2) is 4.98 Å². The fraction of sp³-hybridized carbons (Fsp3) is 0.583. The van der Waals surface area contributed by atoms with Gasteiger partial charge in [0.25, 0.3) is 0 Å². The molecule has 0 saturated heterocycles. The van der Waals surface area contributed by atoms with E-state index in [2.05, 4.69) is 18.8 Å². The van der Waals surface area contributed by atoms with Crippen LogP contribution in [0.5, 0.6) is 5.88 Å². The van der Waals surface area contributed by atoms with Crippen LogP contribution in [0.2, 0.25) is 0 Å². The highest BCUT2D eigenvalue weighted by molar-refractivity contribution is 6.17. The number of aromatic nitrogens is 1. The lowest BCUT2D eigenvalue weighted by Gasteiger charge is -2.07. The molecule has 0 fully saturated rings. The van der Waals surface area contributed by atoms with Crippen LogP contribution in [0.3, 0.4) is 0 Å². The first-order valence-corrected chi connectivity index (χ1v) is 5.89. The van der Waals surface area contributed by atoms with Crippen LogP contribution in [-0.2, 0) is 5.88 Å². The third-order valence-electron chi connectivity index (χ3n) is 2.13. The SMILES string of the molecule is CC(C)CCCOc1cc(CCl)ccn1. The number of ether oxygens (including phenoxy) is 1. The second-order valence-electron chi connectivity index (χ2n) is 4.02. The highest BCUT2D eigenvalue weighted by atomic mass is 35.5. The van der Waals surface area contributed by atoms with Gasteiger partial charge < -0.3 is 4.74 Å². The normalized spacial score (nSPS) is 10.7. The van der Waals surface area contributed by atoms with Crippen molar-refractivity contribution in [3.8, 4) is 5.88 Å². The molecule has 0 aliphatic carbocycles. The lowest BCUT2D eigenvalue weighted by atomic mass is 10.1. The summed E-state index contributed by atoms with van der Waals surface area (Å²) in [4.78, 5) is 4.12. The zero-order valence-electron chi connectivity index (χ0n) is 9.37. The summed E-state index contributed by atoms with van der Waals surface area (Å²) < 4.78 is 5.53. The second kappa shape index (κ2) is 6.67. The van der Waals surface area contributed by atoms with Crippen molar-refractivity contribution in [2.75, 3.05) is 6.61 Å². The smallest absolute Gasteiger partial charge is 0.213 e. The third-order valence-corrected chi connectivity index (χ3v) is 2.44. The van der Waals surface area contributed by atoms with Gasteiger partial charge in [0.2, 0.25) is 5.88 Å². The van der Waals surface area contributed by atoms with Crippen LogP contribution in [0.1, 0.15) is 32.3 Å². The largest absolute Gasteiger partial charge is 0.478 e. The molecule has 2 nitrogen and oxygen atoms in total. The summed E-state index contributed by atoms with van der Waals surface area (Å²) in [5, 5.41) is 0. The number of rotatable bonds is 6. The van der Waals surface area contributed by atoms with Crippen molar-refractivity contribution in [3.05, 3.63) is 23.9 Å². The molecular weight excluding hydrogens is 210 g/mol. The maximum atomic E-state index is 5.72. The van der Waals surface area contributed by atoms with E-state index >= 15 is 0 Å². The molecule has 0 saturated carbocycles. The van der Waals surface area contributed by atoms with Gasteiger partial charge in [-0.15, -0.1) is 11.6 Å². The first-order chi connectivity index (χ1) is 7.22. The van der Waals surface area contributed by atoms with Crippen LogP contribution >= 0.6 is 11.6 Å². The molecule has 0 amide bonds. The van der Waals surface area contributed by atoms with Gasteiger partial charge in [-0.1, -0.05) is 13.8 Å². The first kappa shape index (κ1) is 12.3. The van der Waals surface area contributed by atoms with Crippen molar-refractivity contribution < 1.29 is 4.74 Å². The van der Waals surface area contributed by atoms with E-state index in [4.69, 9.17) is 16.3 Å². The molecular formula is C12H18ClNO.